The van der Waals surface area contributed by atoms with Crippen molar-refractivity contribution in [3.05, 3.63) is 29.8 Å². The fourth-order valence-electron chi connectivity index (χ4n) is 3.60. The van der Waals surface area contributed by atoms with E-state index in [-0.39, 0.29) is 35.3 Å². The number of amides is 1. The van der Waals surface area contributed by atoms with Gasteiger partial charge in [0.05, 0.1) is 4.90 Å². The molecule has 0 spiro atoms. The van der Waals surface area contributed by atoms with Gasteiger partial charge in [0.15, 0.2) is 0 Å². The molecule has 1 amide bonds. The molecule has 2 N–H and O–H groups in total. The van der Waals surface area contributed by atoms with Crippen molar-refractivity contribution < 1.29 is 13.2 Å². The van der Waals surface area contributed by atoms with Gasteiger partial charge in [-0.3, -0.25) is 4.79 Å². The van der Waals surface area contributed by atoms with Crippen LogP contribution in [-0.2, 0) is 10.0 Å². The third kappa shape index (κ3) is 4.76. The number of carbonyl (C=O) groups is 1. The number of hydrogen-bond donors (Lipinski definition) is 2. The van der Waals surface area contributed by atoms with Crippen LogP contribution in [0.15, 0.2) is 29.2 Å². The Morgan fingerprint density at radius 3 is 2.62 bits per heavy atom. The molecule has 1 unspecified atom stereocenters. The van der Waals surface area contributed by atoms with Crippen LogP contribution >= 0.6 is 12.4 Å². The van der Waals surface area contributed by atoms with Gasteiger partial charge in [-0.05, 0) is 63.9 Å². The van der Waals surface area contributed by atoms with Crippen molar-refractivity contribution in [1.29, 1.82) is 0 Å². The van der Waals surface area contributed by atoms with E-state index in [4.69, 9.17) is 0 Å². The summed E-state index contributed by atoms with van der Waals surface area (Å²) in [5.74, 6) is -0.198. The molecule has 3 rings (SSSR count). The molecule has 8 heteroatoms. The molecule has 1 aromatic carbocycles. The molecule has 2 aliphatic heterocycles. The topological polar surface area (TPSA) is 78.5 Å². The summed E-state index contributed by atoms with van der Waals surface area (Å²) < 4.78 is 27.5. The Morgan fingerprint density at radius 2 is 1.92 bits per heavy atom. The first-order valence-corrected chi connectivity index (χ1v) is 10.6. The van der Waals surface area contributed by atoms with Crippen molar-refractivity contribution in [3.8, 4) is 0 Å². The number of piperidine rings is 2. The molecule has 2 fully saturated rings. The second-order valence-electron chi connectivity index (χ2n) is 6.99. The van der Waals surface area contributed by atoms with Crippen LogP contribution in [0.4, 0.5) is 0 Å². The van der Waals surface area contributed by atoms with Crippen molar-refractivity contribution in [2.45, 2.75) is 56.0 Å². The lowest BCUT2D eigenvalue weighted by Crippen LogP contribution is -2.43. The van der Waals surface area contributed by atoms with E-state index in [9.17, 15) is 13.2 Å². The molecule has 0 saturated carbocycles. The highest BCUT2D eigenvalue weighted by molar-refractivity contribution is 7.89. The molecule has 6 nitrogen and oxygen atoms in total. The van der Waals surface area contributed by atoms with Gasteiger partial charge >= 0.3 is 0 Å². The average molecular weight is 402 g/mol. The normalized spacial score (nSPS) is 22.4. The maximum atomic E-state index is 12.9. The van der Waals surface area contributed by atoms with Gasteiger partial charge < -0.3 is 10.6 Å². The van der Waals surface area contributed by atoms with E-state index in [0.717, 1.165) is 45.2 Å². The van der Waals surface area contributed by atoms with E-state index in [2.05, 4.69) is 10.6 Å². The van der Waals surface area contributed by atoms with Gasteiger partial charge in [0.2, 0.25) is 10.0 Å². The van der Waals surface area contributed by atoms with Crippen LogP contribution in [0, 0.1) is 0 Å². The smallest absolute Gasteiger partial charge is 0.251 e. The summed E-state index contributed by atoms with van der Waals surface area (Å²) in [4.78, 5) is 12.7. The number of hydrogen-bond acceptors (Lipinski definition) is 4. The number of halogens is 1. The number of benzene rings is 1. The molecule has 1 aromatic rings. The molecule has 0 radical (unpaired) electrons. The Bertz CT molecular complexity index is 720. The first-order chi connectivity index (χ1) is 12.0. The van der Waals surface area contributed by atoms with Crippen LogP contribution in [0.25, 0.3) is 0 Å². The largest absolute Gasteiger partial charge is 0.349 e. The monoisotopic (exact) mass is 401 g/mol. The Balaban J connectivity index is 0.00000243. The fourth-order valence-corrected chi connectivity index (χ4v) is 5.34. The number of carbonyl (C=O) groups excluding carboxylic acids is 1. The molecular formula is C18H28ClN3O3S. The molecule has 26 heavy (non-hydrogen) atoms. The van der Waals surface area contributed by atoms with Gasteiger partial charge in [-0.2, -0.15) is 4.31 Å². The minimum atomic E-state index is -3.56. The number of sulfonamides is 1. The zero-order chi connectivity index (χ0) is 17.9. The van der Waals surface area contributed by atoms with E-state index < -0.39 is 10.0 Å². The Kier molecular flexibility index (Phi) is 7.46. The maximum absolute atomic E-state index is 12.9. The first kappa shape index (κ1) is 21.2. The van der Waals surface area contributed by atoms with Crippen LogP contribution in [0.2, 0.25) is 0 Å². The highest BCUT2D eigenvalue weighted by Crippen LogP contribution is 2.25. The molecule has 2 aliphatic rings. The molecule has 2 saturated heterocycles. The van der Waals surface area contributed by atoms with Crippen molar-refractivity contribution in [2.24, 2.45) is 0 Å². The summed E-state index contributed by atoms with van der Waals surface area (Å²) in [5.41, 5.74) is 0.407. The summed E-state index contributed by atoms with van der Waals surface area (Å²) in [6, 6.07) is 6.57. The molecule has 146 valence electrons. The molecule has 0 aromatic heterocycles. The van der Waals surface area contributed by atoms with Crippen LogP contribution in [0.1, 0.15) is 49.4 Å². The Labute approximate surface area is 162 Å². The minimum Gasteiger partial charge on any atom is -0.349 e. The number of nitrogens with one attached hydrogen (secondary N) is 2. The van der Waals surface area contributed by atoms with E-state index in [0.29, 0.717) is 12.1 Å². The highest BCUT2D eigenvalue weighted by atomic mass is 35.5. The van der Waals surface area contributed by atoms with Crippen LogP contribution < -0.4 is 10.6 Å². The van der Waals surface area contributed by atoms with Crippen molar-refractivity contribution >= 4 is 28.3 Å². The molecule has 0 aliphatic carbocycles. The lowest BCUT2D eigenvalue weighted by Gasteiger charge is -2.32. The van der Waals surface area contributed by atoms with Crippen molar-refractivity contribution in [1.82, 2.24) is 14.9 Å². The average Bonchev–Trinajstić information content (AvgIpc) is 2.63. The fraction of sp³-hybridized carbons (Fsp3) is 0.611. The first-order valence-electron chi connectivity index (χ1n) is 9.12. The number of rotatable bonds is 4. The second kappa shape index (κ2) is 9.17. The minimum absolute atomic E-state index is 0. The third-order valence-electron chi connectivity index (χ3n) is 5.12. The third-order valence-corrected chi connectivity index (χ3v) is 7.13. The van der Waals surface area contributed by atoms with E-state index >= 15 is 0 Å². The zero-order valence-electron chi connectivity index (χ0n) is 15.1. The van der Waals surface area contributed by atoms with Crippen LogP contribution in [0.3, 0.4) is 0 Å². The quantitative estimate of drug-likeness (QED) is 0.810. The van der Waals surface area contributed by atoms with Gasteiger partial charge in [0.1, 0.15) is 0 Å². The van der Waals surface area contributed by atoms with Gasteiger partial charge in [0.25, 0.3) is 5.91 Å². The molecule has 1 atom stereocenters. The number of nitrogens with zero attached hydrogens (tertiary/aromatic N) is 1. The van der Waals surface area contributed by atoms with E-state index in [1.54, 1.807) is 22.5 Å². The summed E-state index contributed by atoms with van der Waals surface area (Å²) in [6.07, 6.45) is 4.63. The van der Waals surface area contributed by atoms with E-state index in [1.165, 1.54) is 6.07 Å². The van der Waals surface area contributed by atoms with Crippen molar-refractivity contribution in [2.75, 3.05) is 19.6 Å². The second-order valence-corrected chi connectivity index (χ2v) is 8.88. The Hall–Kier alpha value is -1.15. The van der Waals surface area contributed by atoms with Gasteiger partial charge in [-0.1, -0.05) is 12.5 Å². The summed E-state index contributed by atoms with van der Waals surface area (Å²) in [6.45, 7) is 4.29. The highest BCUT2D eigenvalue weighted by Gasteiger charge is 2.31. The van der Waals surface area contributed by atoms with Gasteiger partial charge in [-0.15, -0.1) is 12.4 Å². The lowest BCUT2D eigenvalue weighted by atomic mass is 10.1. The molecular weight excluding hydrogens is 374 g/mol. The van der Waals surface area contributed by atoms with Gasteiger partial charge in [0, 0.05) is 24.2 Å². The Morgan fingerprint density at radius 1 is 1.19 bits per heavy atom. The zero-order valence-corrected chi connectivity index (χ0v) is 16.7. The van der Waals surface area contributed by atoms with Crippen molar-refractivity contribution in [3.63, 3.8) is 0 Å². The molecule has 0 bridgehead atoms. The predicted molar refractivity (Wildman–Crippen MR) is 104 cm³/mol. The lowest BCUT2D eigenvalue weighted by molar-refractivity contribution is 0.0929. The predicted octanol–water partition coefficient (Wildman–Crippen LogP) is 2.15. The SMILES string of the molecule is CC1CCCCN1S(=O)(=O)c1cccc(C(=O)NC2CCNCC2)c1.Cl. The van der Waals surface area contributed by atoms with Gasteiger partial charge in [-0.25, -0.2) is 8.42 Å². The van der Waals surface area contributed by atoms with E-state index in [1.807, 2.05) is 6.92 Å². The summed E-state index contributed by atoms with van der Waals surface area (Å²) >= 11 is 0. The maximum Gasteiger partial charge on any atom is 0.251 e. The van der Waals surface area contributed by atoms with Crippen LogP contribution in [0.5, 0.6) is 0 Å². The molecule has 2 heterocycles. The summed E-state index contributed by atoms with van der Waals surface area (Å²) in [5, 5.41) is 6.28. The standard InChI is InChI=1S/C18H27N3O3S.ClH/c1-14-5-2-3-12-21(14)25(23,24)17-7-4-6-15(13-17)18(22)20-16-8-10-19-11-9-16;/h4,6-7,13-14,16,19H,2-3,5,8-12H2,1H3,(H,20,22);1H. The van der Waals surface area contributed by atoms with Crippen LogP contribution in [-0.4, -0.2) is 50.3 Å². The summed E-state index contributed by atoms with van der Waals surface area (Å²) in [7, 11) is -3.56.